The number of ether oxygens (including phenoxy) is 1. The highest BCUT2D eigenvalue weighted by Gasteiger charge is 2.00. The second-order valence-electron chi connectivity index (χ2n) is 4.03. The molecule has 80 valence electrons. The van der Waals surface area contributed by atoms with Crippen LogP contribution >= 0.6 is 0 Å². The minimum absolute atomic E-state index is 0.753. The number of unbranched alkanes of at least 4 members (excludes halogenated alkanes) is 3. The number of hydrogen-bond donors (Lipinski definition) is 0. The van der Waals surface area contributed by atoms with Crippen molar-refractivity contribution in [3.8, 4) is 0 Å². The van der Waals surface area contributed by atoms with Crippen LogP contribution in [0.5, 0.6) is 0 Å². The van der Waals surface area contributed by atoms with Gasteiger partial charge in [0.25, 0.3) is 0 Å². The maximum Gasteiger partial charge on any atom is 0.0491 e. The van der Waals surface area contributed by atoms with Crippen molar-refractivity contribution < 1.29 is 4.74 Å². The lowest BCUT2D eigenvalue weighted by atomic mass is 10.0. The van der Waals surface area contributed by atoms with Gasteiger partial charge >= 0.3 is 0 Å². The van der Waals surface area contributed by atoms with E-state index < -0.39 is 0 Å². The summed E-state index contributed by atoms with van der Waals surface area (Å²) in [6.07, 6.45) is 7.85. The number of rotatable bonds is 9. The Hall–Kier alpha value is -0.0400. The molecule has 0 aromatic heterocycles. The Labute approximate surface area is 83.9 Å². The van der Waals surface area contributed by atoms with E-state index >= 15 is 0 Å². The molecule has 0 radical (unpaired) electrons. The van der Waals surface area contributed by atoms with Crippen molar-refractivity contribution in [2.45, 2.75) is 59.3 Å². The molecule has 0 aliphatic carbocycles. The van der Waals surface area contributed by atoms with Crippen molar-refractivity contribution in [3.63, 3.8) is 0 Å². The summed E-state index contributed by atoms with van der Waals surface area (Å²) >= 11 is 0. The summed E-state index contributed by atoms with van der Waals surface area (Å²) < 4.78 is 5.57. The lowest BCUT2D eigenvalue weighted by Crippen LogP contribution is -2.06. The van der Waals surface area contributed by atoms with Crippen LogP contribution < -0.4 is 0 Å². The fraction of sp³-hybridized carbons (Fsp3) is 1.00. The first-order valence-corrected chi connectivity index (χ1v) is 5.89. The molecule has 1 atom stereocenters. The van der Waals surface area contributed by atoms with Gasteiger partial charge in [-0.05, 0) is 18.8 Å². The Kier molecular flexibility index (Phi) is 10.0. The van der Waals surface area contributed by atoms with Gasteiger partial charge in [-0.3, -0.25) is 0 Å². The van der Waals surface area contributed by atoms with Gasteiger partial charge in [0.2, 0.25) is 0 Å². The quantitative estimate of drug-likeness (QED) is 0.494. The van der Waals surface area contributed by atoms with E-state index in [-0.39, 0.29) is 0 Å². The second kappa shape index (κ2) is 10.0. The van der Waals surface area contributed by atoms with Crippen LogP contribution in [-0.2, 0) is 4.74 Å². The van der Waals surface area contributed by atoms with Gasteiger partial charge in [0.1, 0.15) is 0 Å². The predicted molar refractivity (Wildman–Crippen MR) is 59.0 cm³/mol. The molecule has 0 saturated heterocycles. The third-order valence-corrected chi connectivity index (χ3v) is 2.35. The average molecular weight is 186 g/mol. The molecule has 0 aliphatic rings. The molecule has 0 N–H and O–H groups in total. The van der Waals surface area contributed by atoms with E-state index in [4.69, 9.17) is 4.74 Å². The highest BCUT2D eigenvalue weighted by atomic mass is 16.5. The predicted octanol–water partition coefficient (Wildman–Crippen LogP) is 4.02. The van der Waals surface area contributed by atoms with Crippen LogP contribution in [-0.4, -0.2) is 13.2 Å². The summed E-state index contributed by atoms with van der Waals surface area (Å²) in [5, 5.41) is 0. The Morgan fingerprint density at radius 3 is 2.31 bits per heavy atom. The summed E-state index contributed by atoms with van der Waals surface area (Å²) in [6.45, 7) is 8.66. The fourth-order valence-corrected chi connectivity index (χ4v) is 1.36. The van der Waals surface area contributed by atoms with Gasteiger partial charge in [0, 0.05) is 13.2 Å². The van der Waals surface area contributed by atoms with Crippen LogP contribution in [0.1, 0.15) is 59.3 Å². The van der Waals surface area contributed by atoms with Gasteiger partial charge in [0.15, 0.2) is 0 Å². The maximum absolute atomic E-state index is 5.57. The SMILES string of the molecule is CCCCCC(C)COCCCC. The molecule has 0 aliphatic heterocycles. The highest BCUT2D eigenvalue weighted by molar-refractivity contribution is 4.51. The molecule has 1 unspecified atom stereocenters. The van der Waals surface area contributed by atoms with E-state index in [1.54, 1.807) is 0 Å². The first-order chi connectivity index (χ1) is 6.31. The van der Waals surface area contributed by atoms with Crippen LogP contribution in [0.25, 0.3) is 0 Å². The van der Waals surface area contributed by atoms with Crippen LogP contribution in [0, 0.1) is 5.92 Å². The van der Waals surface area contributed by atoms with Crippen LogP contribution in [0.15, 0.2) is 0 Å². The van der Waals surface area contributed by atoms with Gasteiger partial charge in [-0.15, -0.1) is 0 Å². The smallest absolute Gasteiger partial charge is 0.0491 e. The zero-order valence-electron chi connectivity index (χ0n) is 9.64. The van der Waals surface area contributed by atoms with E-state index in [0.29, 0.717) is 0 Å². The first kappa shape index (κ1) is 13.0. The third-order valence-electron chi connectivity index (χ3n) is 2.35. The van der Waals surface area contributed by atoms with Gasteiger partial charge in [0.05, 0.1) is 0 Å². The number of hydrogen-bond acceptors (Lipinski definition) is 1. The Morgan fingerprint density at radius 2 is 1.69 bits per heavy atom. The van der Waals surface area contributed by atoms with E-state index in [1.165, 1.54) is 38.5 Å². The summed E-state index contributed by atoms with van der Waals surface area (Å²) in [5.41, 5.74) is 0. The van der Waals surface area contributed by atoms with Crippen molar-refractivity contribution in [3.05, 3.63) is 0 Å². The summed E-state index contributed by atoms with van der Waals surface area (Å²) in [6, 6.07) is 0. The third kappa shape index (κ3) is 9.88. The van der Waals surface area contributed by atoms with E-state index in [1.807, 2.05) is 0 Å². The summed E-state index contributed by atoms with van der Waals surface area (Å²) in [5.74, 6) is 0.753. The van der Waals surface area contributed by atoms with Crippen molar-refractivity contribution in [2.24, 2.45) is 5.92 Å². The van der Waals surface area contributed by atoms with E-state index in [9.17, 15) is 0 Å². The molecular formula is C12H26O. The molecule has 0 heterocycles. The van der Waals surface area contributed by atoms with Crippen molar-refractivity contribution in [2.75, 3.05) is 13.2 Å². The standard InChI is InChI=1S/C12H26O/c1-4-6-8-9-12(3)11-13-10-7-5-2/h12H,4-11H2,1-3H3. The van der Waals surface area contributed by atoms with E-state index in [0.717, 1.165) is 19.1 Å². The summed E-state index contributed by atoms with van der Waals surface area (Å²) in [7, 11) is 0. The molecule has 0 aromatic rings. The maximum atomic E-state index is 5.57. The van der Waals surface area contributed by atoms with Crippen LogP contribution in [0.2, 0.25) is 0 Å². The molecule has 1 heteroatoms. The zero-order chi connectivity index (χ0) is 9.94. The lowest BCUT2D eigenvalue weighted by molar-refractivity contribution is 0.0988. The average Bonchev–Trinajstić information content (AvgIpc) is 2.13. The Morgan fingerprint density at radius 1 is 1.00 bits per heavy atom. The van der Waals surface area contributed by atoms with Crippen molar-refractivity contribution >= 4 is 0 Å². The van der Waals surface area contributed by atoms with Crippen molar-refractivity contribution in [1.82, 2.24) is 0 Å². The zero-order valence-corrected chi connectivity index (χ0v) is 9.64. The Balaban J connectivity index is 3.05. The highest BCUT2D eigenvalue weighted by Crippen LogP contribution is 2.09. The fourth-order valence-electron chi connectivity index (χ4n) is 1.36. The van der Waals surface area contributed by atoms with Gasteiger partial charge in [-0.1, -0.05) is 46.5 Å². The van der Waals surface area contributed by atoms with Gasteiger partial charge in [-0.2, -0.15) is 0 Å². The van der Waals surface area contributed by atoms with Gasteiger partial charge < -0.3 is 4.74 Å². The molecule has 0 aromatic carbocycles. The molecule has 0 spiro atoms. The normalized spacial score (nSPS) is 13.2. The topological polar surface area (TPSA) is 9.23 Å². The van der Waals surface area contributed by atoms with Crippen LogP contribution in [0.3, 0.4) is 0 Å². The molecule has 0 rings (SSSR count). The largest absolute Gasteiger partial charge is 0.381 e. The molecule has 0 fully saturated rings. The molecule has 0 amide bonds. The summed E-state index contributed by atoms with van der Waals surface area (Å²) in [4.78, 5) is 0. The Bertz CT molecular complexity index is 91.1. The van der Waals surface area contributed by atoms with Crippen LogP contribution in [0.4, 0.5) is 0 Å². The molecule has 13 heavy (non-hydrogen) atoms. The molecule has 1 nitrogen and oxygen atoms in total. The van der Waals surface area contributed by atoms with E-state index in [2.05, 4.69) is 20.8 Å². The van der Waals surface area contributed by atoms with Gasteiger partial charge in [-0.25, -0.2) is 0 Å². The monoisotopic (exact) mass is 186 g/mol. The minimum atomic E-state index is 0.753. The first-order valence-electron chi connectivity index (χ1n) is 5.89. The molecular weight excluding hydrogens is 160 g/mol. The second-order valence-corrected chi connectivity index (χ2v) is 4.03. The molecule has 0 saturated carbocycles. The lowest BCUT2D eigenvalue weighted by Gasteiger charge is -2.11. The van der Waals surface area contributed by atoms with Crippen molar-refractivity contribution in [1.29, 1.82) is 0 Å². The molecule has 0 bridgehead atoms. The minimum Gasteiger partial charge on any atom is -0.381 e.